The van der Waals surface area contributed by atoms with Crippen molar-refractivity contribution in [3.05, 3.63) is 30.0 Å². The minimum absolute atomic E-state index is 0.677. The summed E-state index contributed by atoms with van der Waals surface area (Å²) in [5.74, 6) is 0. The van der Waals surface area contributed by atoms with Crippen molar-refractivity contribution >= 4 is 16.6 Å². The number of nitrogens with zero attached hydrogens (tertiary/aromatic N) is 1. The van der Waals surface area contributed by atoms with Crippen LogP contribution in [0.15, 0.2) is 24.3 Å². The van der Waals surface area contributed by atoms with Crippen molar-refractivity contribution in [1.29, 1.82) is 0 Å². The van der Waals surface area contributed by atoms with Crippen LogP contribution in [0.3, 0.4) is 0 Å². The normalized spacial score (nSPS) is 10.9. The molecule has 2 aromatic rings. The summed E-state index contributed by atoms with van der Waals surface area (Å²) in [7, 11) is 2.07. The number of benzene rings is 1. The summed E-state index contributed by atoms with van der Waals surface area (Å²) in [4.78, 5) is 5.53. The molecular formula is C12H17N3. The van der Waals surface area contributed by atoms with Gasteiger partial charge in [-0.25, -0.2) is 0 Å². The maximum absolute atomic E-state index is 5.57. The summed E-state index contributed by atoms with van der Waals surface area (Å²) in [5, 5.41) is 1.27. The van der Waals surface area contributed by atoms with Crippen LogP contribution in [0.1, 0.15) is 5.69 Å². The van der Waals surface area contributed by atoms with E-state index in [1.807, 2.05) is 0 Å². The Hall–Kier alpha value is -1.48. The summed E-state index contributed by atoms with van der Waals surface area (Å²) in [6.07, 6.45) is 0. The van der Waals surface area contributed by atoms with Gasteiger partial charge in [-0.3, -0.25) is 0 Å². The van der Waals surface area contributed by atoms with Crippen LogP contribution < -0.4 is 10.6 Å². The van der Waals surface area contributed by atoms with Crippen LogP contribution in [0.4, 0.5) is 5.69 Å². The number of hydrogen-bond acceptors (Lipinski definition) is 2. The van der Waals surface area contributed by atoms with Gasteiger partial charge in [-0.15, -0.1) is 0 Å². The standard InChI is InChI=1S/C12H17N3/c1-9-8-10-11(14-9)4-3-5-12(10)15(2)7-6-13/h3-5,8,14H,6-7,13H2,1-2H3. The lowest BCUT2D eigenvalue weighted by Crippen LogP contribution is -2.24. The number of fused-ring (bicyclic) bond motifs is 1. The van der Waals surface area contributed by atoms with Gasteiger partial charge in [-0.05, 0) is 25.1 Å². The van der Waals surface area contributed by atoms with Crippen LogP contribution in [0, 0.1) is 6.92 Å². The molecule has 0 radical (unpaired) electrons. The third kappa shape index (κ3) is 1.83. The van der Waals surface area contributed by atoms with Crippen LogP contribution >= 0.6 is 0 Å². The van der Waals surface area contributed by atoms with Gasteiger partial charge >= 0.3 is 0 Å². The van der Waals surface area contributed by atoms with E-state index in [1.165, 1.54) is 22.3 Å². The predicted octanol–water partition coefficient (Wildman–Crippen LogP) is 1.87. The van der Waals surface area contributed by atoms with E-state index in [0.29, 0.717) is 6.54 Å². The average molecular weight is 203 g/mol. The molecule has 3 heteroatoms. The maximum atomic E-state index is 5.57. The SMILES string of the molecule is Cc1cc2c(N(C)CCN)cccc2[nH]1. The first-order chi connectivity index (χ1) is 7.22. The number of nitrogens with one attached hydrogen (secondary N) is 1. The van der Waals surface area contributed by atoms with Crippen molar-refractivity contribution in [3.63, 3.8) is 0 Å². The molecule has 1 aromatic heterocycles. The summed E-state index contributed by atoms with van der Waals surface area (Å²) in [6, 6.07) is 8.48. The molecule has 0 atom stereocenters. The number of aromatic amines is 1. The fourth-order valence-electron chi connectivity index (χ4n) is 1.93. The topological polar surface area (TPSA) is 45.0 Å². The minimum atomic E-state index is 0.677. The molecule has 0 bridgehead atoms. The van der Waals surface area contributed by atoms with E-state index in [4.69, 9.17) is 5.73 Å². The third-order valence-electron chi connectivity index (χ3n) is 2.65. The fraction of sp³-hybridized carbons (Fsp3) is 0.333. The second kappa shape index (κ2) is 3.95. The summed E-state index contributed by atoms with van der Waals surface area (Å²) >= 11 is 0. The zero-order valence-electron chi connectivity index (χ0n) is 9.25. The predicted molar refractivity (Wildman–Crippen MR) is 65.4 cm³/mol. The van der Waals surface area contributed by atoms with Gasteiger partial charge in [0.1, 0.15) is 0 Å². The van der Waals surface area contributed by atoms with Crippen LogP contribution in [-0.2, 0) is 0 Å². The quantitative estimate of drug-likeness (QED) is 0.800. The zero-order chi connectivity index (χ0) is 10.8. The summed E-state index contributed by atoms with van der Waals surface area (Å²) in [5.41, 5.74) is 9.19. The number of rotatable bonds is 3. The molecule has 1 heterocycles. The highest BCUT2D eigenvalue weighted by Gasteiger charge is 2.06. The Kier molecular flexibility index (Phi) is 2.64. The number of likely N-dealkylation sites (N-methyl/N-ethyl adjacent to an activating group) is 1. The van der Waals surface area contributed by atoms with Crippen molar-refractivity contribution in [2.75, 3.05) is 25.0 Å². The van der Waals surface area contributed by atoms with Crippen molar-refractivity contribution in [2.45, 2.75) is 6.92 Å². The van der Waals surface area contributed by atoms with Crippen LogP contribution in [0.5, 0.6) is 0 Å². The maximum Gasteiger partial charge on any atom is 0.0477 e. The van der Waals surface area contributed by atoms with E-state index in [1.54, 1.807) is 0 Å². The Morgan fingerprint density at radius 3 is 2.93 bits per heavy atom. The van der Waals surface area contributed by atoms with E-state index < -0.39 is 0 Å². The van der Waals surface area contributed by atoms with E-state index in [2.05, 4.69) is 48.1 Å². The second-order valence-corrected chi connectivity index (χ2v) is 3.90. The van der Waals surface area contributed by atoms with Gasteiger partial charge in [-0.1, -0.05) is 6.07 Å². The number of hydrogen-bond donors (Lipinski definition) is 2. The number of anilines is 1. The molecule has 1 aromatic carbocycles. The average Bonchev–Trinajstić information content (AvgIpc) is 2.57. The Morgan fingerprint density at radius 2 is 2.20 bits per heavy atom. The molecule has 3 N–H and O–H groups in total. The van der Waals surface area contributed by atoms with Gasteiger partial charge in [-0.2, -0.15) is 0 Å². The van der Waals surface area contributed by atoms with Gasteiger partial charge in [0, 0.05) is 42.4 Å². The summed E-state index contributed by atoms with van der Waals surface area (Å²) in [6.45, 7) is 3.63. The van der Waals surface area contributed by atoms with Gasteiger partial charge in [0.2, 0.25) is 0 Å². The van der Waals surface area contributed by atoms with Gasteiger partial charge in [0.15, 0.2) is 0 Å². The molecule has 0 aliphatic heterocycles. The van der Waals surface area contributed by atoms with E-state index in [-0.39, 0.29) is 0 Å². The molecule has 0 saturated carbocycles. The largest absolute Gasteiger partial charge is 0.373 e. The van der Waals surface area contributed by atoms with Gasteiger partial charge in [0.25, 0.3) is 0 Å². The fourth-order valence-corrected chi connectivity index (χ4v) is 1.93. The number of aryl methyl sites for hydroxylation is 1. The lowest BCUT2D eigenvalue weighted by atomic mass is 10.2. The molecular weight excluding hydrogens is 186 g/mol. The zero-order valence-corrected chi connectivity index (χ0v) is 9.25. The smallest absolute Gasteiger partial charge is 0.0477 e. The molecule has 0 unspecified atom stereocenters. The Morgan fingerprint density at radius 1 is 1.40 bits per heavy atom. The highest BCUT2D eigenvalue weighted by Crippen LogP contribution is 2.26. The van der Waals surface area contributed by atoms with E-state index in [0.717, 1.165) is 6.54 Å². The highest BCUT2D eigenvalue weighted by molar-refractivity contribution is 5.93. The first-order valence-corrected chi connectivity index (χ1v) is 5.22. The first-order valence-electron chi connectivity index (χ1n) is 5.22. The number of nitrogens with two attached hydrogens (primary N) is 1. The van der Waals surface area contributed by atoms with Crippen molar-refractivity contribution in [1.82, 2.24) is 4.98 Å². The molecule has 0 aliphatic carbocycles. The monoisotopic (exact) mass is 203 g/mol. The second-order valence-electron chi connectivity index (χ2n) is 3.90. The van der Waals surface area contributed by atoms with E-state index in [9.17, 15) is 0 Å². The first kappa shape index (κ1) is 10.1. The molecule has 0 fully saturated rings. The molecule has 0 saturated heterocycles. The Bertz CT molecular complexity index is 459. The van der Waals surface area contributed by atoms with Crippen LogP contribution in [-0.4, -0.2) is 25.1 Å². The lowest BCUT2D eigenvalue weighted by Gasteiger charge is -2.19. The molecule has 2 rings (SSSR count). The minimum Gasteiger partial charge on any atom is -0.373 e. The molecule has 15 heavy (non-hydrogen) atoms. The van der Waals surface area contributed by atoms with E-state index >= 15 is 0 Å². The van der Waals surface area contributed by atoms with Crippen molar-refractivity contribution in [2.24, 2.45) is 5.73 Å². The molecule has 0 amide bonds. The molecule has 0 aliphatic rings. The van der Waals surface area contributed by atoms with Crippen molar-refractivity contribution in [3.8, 4) is 0 Å². The highest BCUT2D eigenvalue weighted by atomic mass is 15.1. The Balaban J connectivity index is 2.50. The van der Waals surface area contributed by atoms with Gasteiger partial charge in [0.05, 0.1) is 0 Å². The molecule has 3 nitrogen and oxygen atoms in total. The summed E-state index contributed by atoms with van der Waals surface area (Å²) < 4.78 is 0. The third-order valence-corrected chi connectivity index (χ3v) is 2.65. The van der Waals surface area contributed by atoms with Gasteiger partial charge < -0.3 is 15.6 Å². The molecule has 0 spiro atoms. The van der Waals surface area contributed by atoms with Crippen LogP contribution in [0.2, 0.25) is 0 Å². The molecule has 80 valence electrons. The Labute approximate surface area is 89.9 Å². The lowest BCUT2D eigenvalue weighted by molar-refractivity contribution is 0.889. The number of H-pyrrole nitrogens is 1. The van der Waals surface area contributed by atoms with Crippen LogP contribution in [0.25, 0.3) is 10.9 Å². The van der Waals surface area contributed by atoms with Crippen molar-refractivity contribution < 1.29 is 0 Å². The number of aromatic nitrogens is 1.